The summed E-state index contributed by atoms with van der Waals surface area (Å²) in [7, 11) is 2.78. The summed E-state index contributed by atoms with van der Waals surface area (Å²) in [4.78, 5) is 32.9. The van der Waals surface area contributed by atoms with E-state index in [-0.39, 0.29) is 11.9 Å². The van der Waals surface area contributed by atoms with Crippen LogP contribution in [-0.2, 0) is 9.47 Å². The number of ether oxygens (including phenoxy) is 2. The summed E-state index contributed by atoms with van der Waals surface area (Å²) in [6, 6.07) is 15.4. The van der Waals surface area contributed by atoms with Crippen LogP contribution in [0.1, 0.15) is 30.5 Å². The van der Waals surface area contributed by atoms with Gasteiger partial charge in [0.25, 0.3) is 0 Å². The lowest BCUT2D eigenvalue weighted by atomic mass is 10.1. The summed E-state index contributed by atoms with van der Waals surface area (Å²) >= 11 is 12.9. The number of nitrogens with zero attached hydrogens (tertiary/aromatic N) is 2. The Bertz CT molecular complexity index is 1940. The van der Waals surface area contributed by atoms with Crippen molar-refractivity contribution in [1.29, 1.82) is 0 Å². The fourth-order valence-corrected chi connectivity index (χ4v) is 7.72. The standard InChI is InChI=1S/C16H13BrN2O2S.C10H8BrNO2S.C6H6BrN/c1-9-14-12(19-11-5-3-10(17)4-6-11)7-18-8-13(14)22-15(9)16(20)21-2;1-5-8-6(11)3-12-4-7(8)15-9(5)10(13)14-2;7-5-1-3-6(8)4-2-5/h3-8,19H,1-2H3;3-4H,1-2H3;1-4H,8H2. The van der Waals surface area contributed by atoms with Crippen molar-refractivity contribution in [1.82, 2.24) is 9.97 Å². The van der Waals surface area contributed by atoms with Gasteiger partial charge in [0.1, 0.15) is 9.75 Å². The van der Waals surface area contributed by atoms with Gasteiger partial charge in [-0.2, -0.15) is 0 Å². The van der Waals surface area contributed by atoms with E-state index in [0.29, 0.717) is 9.75 Å². The van der Waals surface area contributed by atoms with Crippen LogP contribution in [0.2, 0.25) is 0 Å². The first kappa shape index (κ1) is 34.5. The van der Waals surface area contributed by atoms with Gasteiger partial charge in [-0.15, -0.1) is 22.7 Å². The minimum atomic E-state index is -0.312. The van der Waals surface area contributed by atoms with E-state index in [9.17, 15) is 9.59 Å². The Labute approximate surface area is 293 Å². The summed E-state index contributed by atoms with van der Waals surface area (Å²) in [6.07, 6.45) is 7.02. The number of nitrogens with two attached hydrogens (primary N) is 1. The number of pyridine rings is 2. The van der Waals surface area contributed by atoms with Crippen LogP contribution in [0, 0.1) is 13.8 Å². The molecule has 0 aliphatic rings. The summed E-state index contributed by atoms with van der Waals surface area (Å²) in [5.74, 6) is -0.603. The molecule has 0 saturated carbocycles. The summed E-state index contributed by atoms with van der Waals surface area (Å²) < 4.78 is 14.5. The van der Waals surface area contributed by atoms with Crippen LogP contribution in [-0.4, -0.2) is 36.1 Å². The molecular weight excluding hydrogens is 808 g/mol. The number of carbonyl (C=O) groups is 2. The maximum absolute atomic E-state index is 11.9. The number of halogens is 3. The lowest BCUT2D eigenvalue weighted by Crippen LogP contribution is -2.00. The summed E-state index contributed by atoms with van der Waals surface area (Å²) in [5, 5.41) is 5.40. The van der Waals surface area contributed by atoms with Gasteiger partial charge in [-0.25, -0.2) is 9.59 Å². The first-order chi connectivity index (χ1) is 21.5. The topological polar surface area (TPSA) is 116 Å². The number of aromatic nitrogens is 2. The first-order valence-electron chi connectivity index (χ1n) is 13.1. The highest BCUT2D eigenvalue weighted by Gasteiger charge is 2.19. The van der Waals surface area contributed by atoms with Crippen LogP contribution in [0.3, 0.4) is 0 Å². The quantitative estimate of drug-likeness (QED) is 0.133. The van der Waals surface area contributed by atoms with Crippen molar-refractivity contribution in [2.75, 3.05) is 25.3 Å². The maximum Gasteiger partial charge on any atom is 0.348 e. The Morgan fingerprint density at radius 3 is 1.67 bits per heavy atom. The highest BCUT2D eigenvalue weighted by atomic mass is 79.9. The number of benzene rings is 2. The molecule has 0 aliphatic carbocycles. The van der Waals surface area contributed by atoms with Crippen molar-refractivity contribution in [2.24, 2.45) is 0 Å². The number of fused-ring (bicyclic) bond motifs is 2. The molecule has 0 bridgehead atoms. The molecule has 0 saturated heterocycles. The largest absolute Gasteiger partial charge is 0.465 e. The van der Waals surface area contributed by atoms with Crippen molar-refractivity contribution < 1.29 is 19.1 Å². The van der Waals surface area contributed by atoms with Crippen molar-refractivity contribution in [3.05, 3.63) is 108 Å². The van der Waals surface area contributed by atoms with E-state index in [1.165, 1.54) is 36.9 Å². The molecule has 0 fully saturated rings. The SMILES string of the molecule is COC(=O)c1sc2cncc(Br)c2c1C.COC(=O)c1sc2cncc(Nc3ccc(Br)cc3)c2c1C.Nc1ccc(Br)cc1. The number of esters is 2. The van der Waals surface area contributed by atoms with Crippen LogP contribution in [0.15, 0.2) is 86.7 Å². The third-order valence-corrected chi connectivity index (χ3v) is 10.4. The Balaban J connectivity index is 0.000000172. The van der Waals surface area contributed by atoms with Gasteiger partial charge in [0.15, 0.2) is 0 Å². The minimum absolute atomic E-state index is 0.291. The van der Waals surface area contributed by atoms with Gasteiger partial charge in [0, 0.05) is 54.2 Å². The second-order valence-corrected chi connectivity index (χ2v) is 14.1. The van der Waals surface area contributed by atoms with Crippen molar-refractivity contribution in [3.8, 4) is 0 Å². The Morgan fingerprint density at radius 1 is 0.711 bits per heavy atom. The fourth-order valence-electron chi connectivity index (χ4n) is 4.19. The van der Waals surface area contributed by atoms with E-state index in [4.69, 9.17) is 15.2 Å². The Kier molecular flexibility index (Phi) is 12.1. The van der Waals surface area contributed by atoms with E-state index in [2.05, 4.69) is 63.1 Å². The van der Waals surface area contributed by atoms with Gasteiger partial charge in [-0.3, -0.25) is 9.97 Å². The predicted octanol–water partition coefficient (Wildman–Crippen LogP) is 10.1. The number of nitrogens with one attached hydrogen (secondary N) is 1. The molecular formula is C32H27Br3N4O4S2. The van der Waals surface area contributed by atoms with E-state index >= 15 is 0 Å². The van der Waals surface area contributed by atoms with Crippen molar-refractivity contribution >= 4 is 120 Å². The van der Waals surface area contributed by atoms with Crippen LogP contribution in [0.4, 0.5) is 17.1 Å². The van der Waals surface area contributed by atoms with Crippen LogP contribution < -0.4 is 11.1 Å². The number of rotatable bonds is 4. The second-order valence-electron chi connectivity index (χ2n) is 9.33. The molecule has 3 N–H and O–H groups in total. The Hall–Kier alpha value is -3.36. The molecule has 0 unspecified atom stereocenters. The second kappa shape index (κ2) is 15.8. The zero-order chi connectivity index (χ0) is 32.7. The highest BCUT2D eigenvalue weighted by molar-refractivity contribution is 9.11. The molecule has 0 atom stereocenters. The number of aryl methyl sites for hydroxylation is 2. The van der Waals surface area contributed by atoms with Crippen LogP contribution in [0.5, 0.6) is 0 Å². The summed E-state index contributed by atoms with van der Waals surface area (Å²) in [5.41, 5.74) is 9.90. The molecule has 6 aromatic rings. The molecule has 45 heavy (non-hydrogen) atoms. The number of carbonyl (C=O) groups excluding carboxylic acids is 2. The number of hydrogen-bond donors (Lipinski definition) is 2. The third-order valence-electron chi connectivity index (χ3n) is 6.37. The van der Waals surface area contributed by atoms with Gasteiger partial charge in [0.2, 0.25) is 0 Å². The molecule has 0 aliphatic heterocycles. The average Bonchev–Trinajstić information content (AvgIpc) is 3.57. The summed E-state index contributed by atoms with van der Waals surface area (Å²) in [6.45, 7) is 3.84. The van der Waals surface area contributed by atoms with Crippen molar-refractivity contribution in [2.45, 2.75) is 13.8 Å². The van der Waals surface area contributed by atoms with Gasteiger partial charge in [-0.1, -0.05) is 31.9 Å². The van der Waals surface area contributed by atoms with Gasteiger partial charge >= 0.3 is 11.9 Å². The zero-order valence-corrected chi connectivity index (χ0v) is 30.9. The molecule has 0 spiro atoms. The molecule has 4 aromatic heterocycles. The molecule has 4 heterocycles. The predicted molar refractivity (Wildman–Crippen MR) is 195 cm³/mol. The molecule has 6 rings (SSSR count). The first-order valence-corrected chi connectivity index (χ1v) is 17.1. The average molecular weight is 835 g/mol. The third kappa shape index (κ3) is 8.47. The van der Waals surface area contributed by atoms with E-state index in [1.807, 2.05) is 62.4 Å². The van der Waals surface area contributed by atoms with Crippen LogP contribution >= 0.6 is 70.5 Å². The number of thiophene rings is 2. The molecule has 2 aromatic carbocycles. The van der Waals surface area contributed by atoms with E-state index in [1.54, 1.807) is 24.8 Å². The van der Waals surface area contributed by atoms with Gasteiger partial charge in [-0.05, 0) is 89.4 Å². The smallest absolute Gasteiger partial charge is 0.348 e. The lowest BCUT2D eigenvalue weighted by molar-refractivity contribution is 0.0596. The molecule has 0 radical (unpaired) electrons. The molecule has 13 heteroatoms. The Morgan fingerprint density at radius 2 is 1.18 bits per heavy atom. The number of nitrogen functional groups attached to an aromatic ring is 1. The monoisotopic (exact) mass is 832 g/mol. The molecule has 8 nitrogen and oxygen atoms in total. The molecule has 0 amide bonds. The fraction of sp³-hybridized carbons (Fsp3) is 0.125. The number of hydrogen-bond acceptors (Lipinski definition) is 10. The van der Waals surface area contributed by atoms with Gasteiger partial charge in [0.05, 0.1) is 35.5 Å². The van der Waals surface area contributed by atoms with E-state index < -0.39 is 0 Å². The molecule has 232 valence electrons. The number of methoxy groups -OCH3 is 2. The minimum Gasteiger partial charge on any atom is -0.465 e. The van der Waals surface area contributed by atoms with Crippen molar-refractivity contribution in [3.63, 3.8) is 0 Å². The lowest BCUT2D eigenvalue weighted by Gasteiger charge is -2.08. The van der Waals surface area contributed by atoms with Crippen LogP contribution in [0.25, 0.3) is 20.2 Å². The normalized spacial score (nSPS) is 10.4. The maximum atomic E-state index is 11.9. The highest BCUT2D eigenvalue weighted by Crippen LogP contribution is 2.37. The van der Waals surface area contributed by atoms with E-state index in [0.717, 1.165) is 61.8 Å². The van der Waals surface area contributed by atoms with Gasteiger partial charge < -0.3 is 20.5 Å². The zero-order valence-electron chi connectivity index (χ0n) is 24.5. The number of anilines is 3.